The molecule has 0 saturated carbocycles. The third-order valence-electron chi connectivity index (χ3n) is 4.34. The number of fused-ring (bicyclic) bond motifs is 1. The van der Waals surface area contributed by atoms with Crippen LogP contribution in [0.3, 0.4) is 0 Å². The SMILES string of the molecule is CS(=O)(=O)OCC(O)C(Cc1ccccc1)N1C(=O)c2ccccc2C1=O. The van der Waals surface area contributed by atoms with Crippen LogP contribution < -0.4 is 0 Å². The number of nitrogens with zero attached hydrogens (tertiary/aromatic N) is 1. The molecule has 27 heavy (non-hydrogen) atoms. The predicted molar refractivity (Wildman–Crippen MR) is 97.7 cm³/mol. The molecule has 1 heterocycles. The first-order valence-electron chi connectivity index (χ1n) is 8.31. The van der Waals surface area contributed by atoms with Gasteiger partial charge in [0.1, 0.15) is 6.10 Å². The summed E-state index contributed by atoms with van der Waals surface area (Å²) in [5.74, 6) is -1.04. The average Bonchev–Trinajstić information content (AvgIpc) is 2.89. The topological polar surface area (TPSA) is 101 Å². The Morgan fingerprint density at radius 3 is 2.00 bits per heavy atom. The highest BCUT2D eigenvalue weighted by Crippen LogP contribution is 2.27. The number of imide groups is 1. The summed E-state index contributed by atoms with van der Waals surface area (Å²) in [6.45, 7) is -0.552. The number of carbonyl (C=O) groups excluding carboxylic acids is 2. The molecule has 1 N–H and O–H groups in total. The Bertz CT molecular complexity index is 922. The van der Waals surface area contributed by atoms with Gasteiger partial charge in [0.05, 0.1) is 30.0 Å². The smallest absolute Gasteiger partial charge is 0.264 e. The molecular formula is C19H19NO6S. The quantitative estimate of drug-likeness (QED) is 0.565. The van der Waals surface area contributed by atoms with Gasteiger partial charge < -0.3 is 5.11 Å². The van der Waals surface area contributed by atoms with Crippen molar-refractivity contribution in [3.05, 3.63) is 71.3 Å². The summed E-state index contributed by atoms with van der Waals surface area (Å²) < 4.78 is 27.2. The van der Waals surface area contributed by atoms with Crippen LogP contribution in [-0.2, 0) is 20.7 Å². The van der Waals surface area contributed by atoms with E-state index in [0.717, 1.165) is 16.7 Å². The van der Waals surface area contributed by atoms with Crippen molar-refractivity contribution < 1.29 is 27.3 Å². The largest absolute Gasteiger partial charge is 0.388 e. The number of aliphatic hydroxyl groups is 1. The summed E-state index contributed by atoms with van der Waals surface area (Å²) in [5, 5.41) is 10.6. The lowest BCUT2D eigenvalue weighted by molar-refractivity contribution is 0.0203. The number of carbonyl (C=O) groups is 2. The molecule has 2 atom stereocenters. The van der Waals surface area contributed by atoms with Gasteiger partial charge in [-0.1, -0.05) is 42.5 Å². The van der Waals surface area contributed by atoms with Crippen LogP contribution in [0.5, 0.6) is 0 Å². The number of hydrogen-bond acceptors (Lipinski definition) is 6. The molecule has 0 bridgehead atoms. The monoisotopic (exact) mass is 389 g/mol. The molecule has 7 nitrogen and oxygen atoms in total. The second-order valence-corrected chi connectivity index (χ2v) is 7.98. The van der Waals surface area contributed by atoms with Crippen molar-refractivity contribution in [1.29, 1.82) is 0 Å². The van der Waals surface area contributed by atoms with E-state index in [1.807, 2.05) is 6.07 Å². The van der Waals surface area contributed by atoms with Crippen molar-refractivity contribution in [2.75, 3.05) is 12.9 Å². The lowest BCUT2D eigenvalue weighted by Gasteiger charge is -2.30. The van der Waals surface area contributed by atoms with E-state index in [9.17, 15) is 23.1 Å². The van der Waals surface area contributed by atoms with Gasteiger partial charge in [0.15, 0.2) is 0 Å². The number of hydrogen-bond donors (Lipinski definition) is 1. The summed E-state index contributed by atoms with van der Waals surface area (Å²) in [7, 11) is -3.78. The lowest BCUT2D eigenvalue weighted by atomic mass is 10.00. The van der Waals surface area contributed by atoms with Gasteiger partial charge in [-0.05, 0) is 24.1 Å². The van der Waals surface area contributed by atoms with Crippen molar-refractivity contribution >= 4 is 21.9 Å². The second-order valence-electron chi connectivity index (χ2n) is 6.34. The molecule has 0 fully saturated rings. The minimum Gasteiger partial charge on any atom is -0.388 e. The van der Waals surface area contributed by atoms with Gasteiger partial charge in [0.2, 0.25) is 0 Å². The Balaban J connectivity index is 1.92. The van der Waals surface area contributed by atoms with Gasteiger partial charge >= 0.3 is 0 Å². The molecule has 2 amide bonds. The molecule has 142 valence electrons. The van der Waals surface area contributed by atoms with E-state index in [-0.39, 0.29) is 17.5 Å². The first-order valence-corrected chi connectivity index (χ1v) is 10.1. The third kappa shape index (κ3) is 4.24. The van der Waals surface area contributed by atoms with Crippen LogP contribution in [0.25, 0.3) is 0 Å². The molecule has 0 saturated heterocycles. The summed E-state index contributed by atoms with van der Waals surface area (Å²) in [5.41, 5.74) is 1.31. The minimum atomic E-state index is -3.78. The minimum absolute atomic E-state index is 0.167. The molecule has 0 radical (unpaired) electrons. The van der Waals surface area contributed by atoms with Crippen LogP contribution in [0.2, 0.25) is 0 Å². The van der Waals surface area contributed by atoms with E-state index in [1.165, 1.54) is 0 Å². The maximum atomic E-state index is 12.8. The Morgan fingerprint density at radius 2 is 1.48 bits per heavy atom. The standard InChI is InChI=1S/C19H19NO6S/c1-27(24,25)26-12-17(21)16(11-13-7-3-2-4-8-13)20-18(22)14-9-5-6-10-15(14)19(20)23/h2-10,16-17,21H,11-12H2,1H3. The van der Waals surface area contributed by atoms with Gasteiger partial charge in [-0.3, -0.25) is 18.7 Å². The molecule has 0 aliphatic carbocycles. The Kier molecular flexibility index (Phi) is 5.41. The van der Waals surface area contributed by atoms with Crippen molar-refractivity contribution in [2.24, 2.45) is 0 Å². The van der Waals surface area contributed by atoms with Crippen LogP contribution in [0.1, 0.15) is 26.3 Å². The predicted octanol–water partition coefficient (Wildman–Crippen LogP) is 1.23. The van der Waals surface area contributed by atoms with E-state index >= 15 is 0 Å². The first kappa shape index (κ1) is 19.2. The first-order chi connectivity index (χ1) is 12.8. The lowest BCUT2D eigenvalue weighted by Crippen LogP contribution is -2.50. The summed E-state index contributed by atoms with van der Waals surface area (Å²) >= 11 is 0. The maximum Gasteiger partial charge on any atom is 0.264 e. The molecular weight excluding hydrogens is 370 g/mol. The zero-order valence-electron chi connectivity index (χ0n) is 14.6. The van der Waals surface area contributed by atoms with Crippen molar-refractivity contribution in [3.63, 3.8) is 0 Å². The normalized spacial score (nSPS) is 16.3. The Labute approximate surface area is 157 Å². The molecule has 3 rings (SSSR count). The number of amides is 2. The summed E-state index contributed by atoms with van der Waals surface area (Å²) in [4.78, 5) is 26.6. The zero-order valence-corrected chi connectivity index (χ0v) is 15.4. The maximum absolute atomic E-state index is 12.8. The fourth-order valence-electron chi connectivity index (χ4n) is 3.07. The van der Waals surface area contributed by atoms with E-state index < -0.39 is 40.7 Å². The van der Waals surface area contributed by atoms with Crippen LogP contribution in [0.15, 0.2) is 54.6 Å². The average molecular weight is 389 g/mol. The Morgan fingerprint density at radius 1 is 0.963 bits per heavy atom. The van der Waals surface area contributed by atoms with Crippen LogP contribution in [0, 0.1) is 0 Å². The number of rotatable bonds is 7. The highest BCUT2D eigenvalue weighted by molar-refractivity contribution is 7.85. The molecule has 0 spiro atoms. The number of aliphatic hydroxyl groups excluding tert-OH is 1. The van der Waals surface area contributed by atoms with E-state index in [0.29, 0.717) is 0 Å². The van der Waals surface area contributed by atoms with Gasteiger partial charge in [-0.25, -0.2) is 0 Å². The van der Waals surface area contributed by atoms with Gasteiger partial charge in [0.25, 0.3) is 21.9 Å². The van der Waals surface area contributed by atoms with Gasteiger partial charge in [0, 0.05) is 0 Å². The highest BCUT2D eigenvalue weighted by atomic mass is 32.2. The molecule has 8 heteroatoms. The molecule has 1 aliphatic rings. The molecule has 1 aliphatic heterocycles. The Hall–Kier alpha value is -2.55. The van der Waals surface area contributed by atoms with E-state index in [2.05, 4.69) is 4.18 Å². The molecule has 2 unspecified atom stereocenters. The van der Waals surface area contributed by atoms with Crippen molar-refractivity contribution in [1.82, 2.24) is 4.90 Å². The summed E-state index contributed by atoms with van der Waals surface area (Å²) in [6.07, 6.45) is -0.337. The van der Waals surface area contributed by atoms with Crippen LogP contribution in [-0.4, -0.2) is 55.2 Å². The van der Waals surface area contributed by atoms with E-state index in [4.69, 9.17) is 0 Å². The second kappa shape index (κ2) is 7.59. The molecule has 2 aromatic rings. The van der Waals surface area contributed by atoms with Crippen LogP contribution >= 0.6 is 0 Å². The van der Waals surface area contributed by atoms with Crippen molar-refractivity contribution in [2.45, 2.75) is 18.6 Å². The van der Waals surface area contributed by atoms with Gasteiger partial charge in [-0.15, -0.1) is 0 Å². The zero-order chi connectivity index (χ0) is 19.6. The summed E-state index contributed by atoms with van der Waals surface area (Å²) in [6, 6.07) is 14.5. The van der Waals surface area contributed by atoms with E-state index in [1.54, 1.807) is 48.5 Å². The fraction of sp³-hybridized carbons (Fsp3) is 0.263. The molecule has 0 aromatic heterocycles. The van der Waals surface area contributed by atoms with Crippen LogP contribution in [0.4, 0.5) is 0 Å². The number of benzene rings is 2. The fourth-order valence-corrected chi connectivity index (χ4v) is 3.46. The van der Waals surface area contributed by atoms with Gasteiger partial charge in [-0.2, -0.15) is 8.42 Å². The van der Waals surface area contributed by atoms with Crippen molar-refractivity contribution in [3.8, 4) is 0 Å². The molecule has 2 aromatic carbocycles. The highest BCUT2D eigenvalue weighted by Gasteiger charge is 2.42. The third-order valence-corrected chi connectivity index (χ3v) is 4.91.